The van der Waals surface area contributed by atoms with Crippen LogP contribution in [0.4, 0.5) is 0 Å². The number of carbonyl (C=O) groups is 1. The number of aliphatic hydroxyl groups is 1. The van der Waals surface area contributed by atoms with Crippen molar-refractivity contribution < 1.29 is 9.90 Å². The molecule has 0 bridgehead atoms. The van der Waals surface area contributed by atoms with Gasteiger partial charge in [0, 0.05) is 50.9 Å². The van der Waals surface area contributed by atoms with Crippen LogP contribution in [0.1, 0.15) is 36.0 Å². The van der Waals surface area contributed by atoms with Crippen molar-refractivity contribution in [2.75, 3.05) is 52.4 Å². The summed E-state index contributed by atoms with van der Waals surface area (Å²) in [7, 11) is 0. The first kappa shape index (κ1) is 18.9. The highest BCUT2D eigenvalue weighted by Crippen LogP contribution is 2.30. The predicted octanol–water partition coefficient (Wildman–Crippen LogP) is 1.93. The molecule has 5 heteroatoms. The van der Waals surface area contributed by atoms with Crippen LogP contribution in [-0.2, 0) is 0 Å². The van der Waals surface area contributed by atoms with Crippen molar-refractivity contribution in [3.05, 3.63) is 35.9 Å². The van der Waals surface area contributed by atoms with Crippen molar-refractivity contribution in [2.24, 2.45) is 11.8 Å². The van der Waals surface area contributed by atoms with Crippen LogP contribution in [0, 0.1) is 11.8 Å². The molecule has 5 nitrogen and oxygen atoms in total. The van der Waals surface area contributed by atoms with Crippen molar-refractivity contribution in [1.29, 1.82) is 0 Å². The number of piperidine rings is 1. The molecule has 4 rings (SSSR count). The van der Waals surface area contributed by atoms with Crippen LogP contribution in [0.2, 0.25) is 0 Å². The van der Waals surface area contributed by atoms with E-state index in [4.69, 9.17) is 0 Å². The van der Waals surface area contributed by atoms with Crippen LogP contribution in [0.5, 0.6) is 0 Å². The van der Waals surface area contributed by atoms with Gasteiger partial charge in [-0.2, -0.15) is 0 Å². The normalized spacial score (nSPS) is 28.1. The topological polar surface area (TPSA) is 47.0 Å². The lowest BCUT2D eigenvalue weighted by Gasteiger charge is -2.37. The van der Waals surface area contributed by atoms with E-state index in [1.54, 1.807) is 0 Å². The Balaban J connectivity index is 1.29. The van der Waals surface area contributed by atoms with Gasteiger partial charge in [0.15, 0.2) is 0 Å². The molecular formula is C22H33N3O2. The maximum absolute atomic E-state index is 12.6. The summed E-state index contributed by atoms with van der Waals surface area (Å²) in [5.41, 5.74) is 0.795. The molecule has 148 valence electrons. The number of benzene rings is 1. The molecular weight excluding hydrogens is 338 g/mol. The minimum Gasteiger partial charge on any atom is -0.396 e. The number of likely N-dealkylation sites (tertiary alicyclic amines) is 3. The third-order valence-electron chi connectivity index (χ3n) is 6.82. The van der Waals surface area contributed by atoms with E-state index in [0.717, 1.165) is 51.1 Å². The van der Waals surface area contributed by atoms with Gasteiger partial charge in [0.1, 0.15) is 0 Å². The van der Waals surface area contributed by atoms with Gasteiger partial charge in [-0.3, -0.25) is 9.69 Å². The molecule has 0 unspecified atom stereocenters. The SMILES string of the molecule is O=C(c1ccccc1)N1CCC(N2C[C@@H](CN3CCCC3)[C@@H](CO)C2)CC1. The lowest BCUT2D eigenvalue weighted by Crippen LogP contribution is -2.46. The van der Waals surface area contributed by atoms with Crippen LogP contribution in [0.15, 0.2) is 30.3 Å². The molecule has 1 amide bonds. The van der Waals surface area contributed by atoms with Crippen molar-refractivity contribution in [3.8, 4) is 0 Å². The van der Waals surface area contributed by atoms with E-state index in [0.29, 0.717) is 24.5 Å². The quantitative estimate of drug-likeness (QED) is 0.859. The molecule has 0 aliphatic carbocycles. The van der Waals surface area contributed by atoms with Crippen LogP contribution in [0.3, 0.4) is 0 Å². The fourth-order valence-electron chi connectivity index (χ4n) is 5.18. The third-order valence-corrected chi connectivity index (χ3v) is 6.82. The Labute approximate surface area is 162 Å². The van der Waals surface area contributed by atoms with Gasteiger partial charge in [-0.05, 0) is 62.7 Å². The second-order valence-electron chi connectivity index (χ2n) is 8.55. The third kappa shape index (κ3) is 4.36. The van der Waals surface area contributed by atoms with E-state index >= 15 is 0 Å². The smallest absolute Gasteiger partial charge is 0.253 e. The predicted molar refractivity (Wildman–Crippen MR) is 107 cm³/mol. The maximum atomic E-state index is 12.6. The Morgan fingerprint density at radius 2 is 1.63 bits per heavy atom. The molecule has 0 radical (unpaired) electrons. The van der Waals surface area contributed by atoms with E-state index < -0.39 is 0 Å². The Kier molecular flexibility index (Phi) is 6.11. The number of nitrogens with zero attached hydrogens (tertiary/aromatic N) is 3. The number of amides is 1. The minimum atomic E-state index is 0.163. The molecule has 3 aliphatic rings. The number of hydrogen-bond acceptors (Lipinski definition) is 4. The zero-order valence-corrected chi connectivity index (χ0v) is 16.3. The molecule has 1 aromatic rings. The van der Waals surface area contributed by atoms with Gasteiger partial charge in [0.05, 0.1) is 0 Å². The van der Waals surface area contributed by atoms with Gasteiger partial charge in [0.25, 0.3) is 5.91 Å². The Morgan fingerprint density at radius 3 is 2.30 bits per heavy atom. The number of carbonyl (C=O) groups excluding carboxylic acids is 1. The molecule has 0 spiro atoms. The van der Waals surface area contributed by atoms with Crippen molar-refractivity contribution in [2.45, 2.75) is 31.7 Å². The number of rotatable bonds is 5. The van der Waals surface area contributed by atoms with Crippen molar-refractivity contribution in [1.82, 2.24) is 14.7 Å². The standard InChI is InChI=1S/C22H33N3O2/c26-17-20-16-25(15-19(20)14-23-10-4-5-11-23)21-8-12-24(13-9-21)22(27)18-6-2-1-3-7-18/h1-3,6-7,19-21,26H,4-5,8-17H2/t19-,20-/m1/s1. The number of hydrogen-bond donors (Lipinski definition) is 1. The minimum absolute atomic E-state index is 0.163. The molecule has 0 aromatic heterocycles. The summed E-state index contributed by atoms with van der Waals surface area (Å²) in [6.07, 6.45) is 4.75. The molecule has 1 aromatic carbocycles. The highest BCUT2D eigenvalue weighted by atomic mass is 16.3. The van der Waals surface area contributed by atoms with E-state index in [1.165, 1.54) is 25.9 Å². The fourth-order valence-corrected chi connectivity index (χ4v) is 5.18. The fraction of sp³-hybridized carbons (Fsp3) is 0.682. The van der Waals surface area contributed by atoms with Gasteiger partial charge in [-0.1, -0.05) is 18.2 Å². The Bertz CT molecular complexity index is 609. The summed E-state index contributed by atoms with van der Waals surface area (Å²) < 4.78 is 0. The largest absolute Gasteiger partial charge is 0.396 e. The van der Waals surface area contributed by atoms with Crippen LogP contribution in [0.25, 0.3) is 0 Å². The first-order chi connectivity index (χ1) is 13.2. The average molecular weight is 372 g/mol. The van der Waals surface area contributed by atoms with Crippen molar-refractivity contribution in [3.63, 3.8) is 0 Å². The summed E-state index contributed by atoms with van der Waals surface area (Å²) in [6, 6.07) is 10.2. The van der Waals surface area contributed by atoms with Crippen molar-refractivity contribution >= 4 is 5.91 Å². The Hall–Kier alpha value is -1.43. The lowest BCUT2D eigenvalue weighted by molar-refractivity contribution is 0.0636. The molecule has 3 heterocycles. The highest BCUT2D eigenvalue weighted by Gasteiger charge is 2.38. The molecule has 1 N–H and O–H groups in total. The summed E-state index contributed by atoms with van der Waals surface area (Å²) in [6.45, 7) is 7.73. The summed E-state index contributed by atoms with van der Waals surface area (Å²) in [5, 5.41) is 9.87. The first-order valence-electron chi connectivity index (χ1n) is 10.7. The number of aliphatic hydroxyl groups excluding tert-OH is 1. The second-order valence-corrected chi connectivity index (χ2v) is 8.55. The summed E-state index contributed by atoms with van der Waals surface area (Å²) in [4.78, 5) is 19.8. The maximum Gasteiger partial charge on any atom is 0.253 e. The first-order valence-corrected chi connectivity index (χ1v) is 10.7. The molecule has 3 fully saturated rings. The van der Waals surface area contributed by atoms with E-state index in [1.807, 2.05) is 35.2 Å². The van der Waals surface area contributed by atoms with E-state index in [2.05, 4.69) is 9.80 Å². The van der Waals surface area contributed by atoms with Gasteiger partial charge >= 0.3 is 0 Å². The van der Waals surface area contributed by atoms with E-state index in [-0.39, 0.29) is 5.91 Å². The van der Waals surface area contributed by atoms with Gasteiger partial charge in [-0.15, -0.1) is 0 Å². The zero-order valence-electron chi connectivity index (χ0n) is 16.3. The van der Waals surface area contributed by atoms with Gasteiger partial charge < -0.3 is 14.9 Å². The molecule has 27 heavy (non-hydrogen) atoms. The van der Waals surface area contributed by atoms with Crippen LogP contribution >= 0.6 is 0 Å². The van der Waals surface area contributed by atoms with Crippen LogP contribution in [-0.4, -0.2) is 84.2 Å². The summed E-state index contributed by atoms with van der Waals surface area (Å²) in [5.74, 6) is 1.17. The zero-order chi connectivity index (χ0) is 18.6. The van der Waals surface area contributed by atoms with Crippen LogP contribution < -0.4 is 0 Å². The summed E-state index contributed by atoms with van der Waals surface area (Å²) >= 11 is 0. The highest BCUT2D eigenvalue weighted by molar-refractivity contribution is 5.94. The lowest BCUT2D eigenvalue weighted by atomic mass is 9.96. The van der Waals surface area contributed by atoms with Gasteiger partial charge in [-0.25, -0.2) is 0 Å². The average Bonchev–Trinajstić information content (AvgIpc) is 3.38. The molecule has 0 saturated carbocycles. The van der Waals surface area contributed by atoms with E-state index in [9.17, 15) is 9.90 Å². The molecule has 2 atom stereocenters. The molecule has 3 saturated heterocycles. The monoisotopic (exact) mass is 371 g/mol. The Morgan fingerprint density at radius 1 is 0.963 bits per heavy atom. The molecule has 3 aliphatic heterocycles. The second kappa shape index (κ2) is 8.72. The van der Waals surface area contributed by atoms with Gasteiger partial charge in [0.2, 0.25) is 0 Å².